The topological polar surface area (TPSA) is 55.6 Å². The van der Waals surface area contributed by atoms with E-state index in [9.17, 15) is 0 Å². The van der Waals surface area contributed by atoms with E-state index in [0.717, 1.165) is 36.7 Å². The van der Waals surface area contributed by atoms with Crippen molar-refractivity contribution in [2.75, 3.05) is 0 Å². The van der Waals surface area contributed by atoms with Crippen molar-refractivity contribution in [3.8, 4) is 5.82 Å². The first kappa shape index (κ1) is 13.7. The minimum absolute atomic E-state index is 0.450. The highest BCUT2D eigenvalue weighted by atomic mass is 15.2. The average molecular weight is 259 g/mol. The van der Waals surface area contributed by atoms with Gasteiger partial charge in [-0.1, -0.05) is 20.8 Å². The van der Waals surface area contributed by atoms with Crippen molar-refractivity contribution in [2.45, 2.75) is 46.2 Å². The van der Waals surface area contributed by atoms with Crippen LogP contribution < -0.4 is 5.32 Å². The summed E-state index contributed by atoms with van der Waals surface area (Å²) in [5, 5.41) is 11.8. The summed E-state index contributed by atoms with van der Waals surface area (Å²) in [6.45, 7) is 7.12. The van der Waals surface area contributed by atoms with Gasteiger partial charge in [0.25, 0.3) is 0 Å². The van der Waals surface area contributed by atoms with E-state index in [-0.39, 0.29) is 0 Å². The summed E-state index contributed by atoms with van der Waals surface area (Å²) in [4.78, 5) is 4.35. The Labute approximate surface area is 114 Å². The molecule has 0 spiro atoms. The van der Waals surface area contributed by atoms with Crippen LogP contribution in [0.4, 0.5) is 0 Å². The van der Waals surface area contributed by atoms with Crippen molar-refractivity contribution >= 4 is 0 Å². The number of aryl methyl sites for hydroxylation is 1. The van der Waals surface area contributed by atoms with Gasteiger partial charge in [0.1, 0.15) is 5.82 Å². The third-order valence-corrected chi connectivity index (χ3v) is 2.83. The van der Waals surface area contributed by atoms with E-state index < -0.39 is 0 Å². The number of nitrogens with zero attached hydrogens (tertiary/aromatic N) is 4. The van der Waals surface area contributed by atoms with E-state index in [1.165, 1.54) is 0 Å². The summed E-state index contributed by atoms with van der Waals surface area (Å²) in [7, 11) is 0. The number of rotatable bonds is 6. The molecule has 2 rings (SSSR count). The molecule has 0 saturated carbocycles. The summed E-state index contributed by atoms with van der Waals surface area (Å²) >= 11 is 0. The predicted molar refractivity (Wildman–Crippen MR) is 75.1 cm³/mol. The van der Waals surface area contributed by atoms with Crippen LogP contribution in [0.2, 0.25) is 0 Å². The van der Waals surface area contributed by atoms with E-state index in [4.69, 9.17) is 0 Å². The van der Waals surface area contributed by atoms with Gasteiger partial charge in [-0.15, -0.1) is 5.10 Å². The molecule has 5 nitrogen and oxygen atoms in total. The first-order chi connectivity index (χ1) is 9.20. The summed E-state index contributed by atoms with van der Waals surface area (Å²) < 4.78 is 2.00. The molecule has 0 aliphatic heterocycles. The van der Waals surface area contributed by atoms with Gasteiger partial charge in [0, 0.05) is 31.4 Å². The van der Waals surface area contributed by atoms with Crippen molar-refractivity contribution < 1.29 is 0 Å². The highest BCUT2D eigenvalue weighted by molar-refractivity contribution is 5.24. The number of imidazole rings is 1. The van der Waals surface area contributed by atoms with Crippen LogP contribution in [0.15, 0.2) is 24.5 Å². The Hall–Kier alpha value is -1.75. The summed E-state index contributed by atoms with van der Waals surface area (Å²) in [5.41, 5.74) is 0.953. The molecule has 1 N–H and O–H groups in total. The molecule has 0 aromatic carbocycles. The number of hydrogen-bond donors (Lipinski definition) is 1. The fraction of sp³-hybridized carbons (Fsp3) is 0.500. The van der Waals surface area contributed by atoms with E-state index >= 15 is 0 Å². The van der Waals surface area contributed by atoms with Crippen molar-refractivity contribution in [1.82, 2.24) is 25.1 Å². The second kappa shape index (κ2) is 6.43. The van der Waals surface area contributed by atoms with Gasteiger partial charge < -0.3 is 5.32 Å². The summed E-state index contributed by atoms with van der Waals surface area (Å²) in [5.74, 6) is 1.86. The van der Waals surface area contributed by atoms with Crippen molar-refractivity contribution in [3.63, 3.8) is 0 Å². The Morgan fingerprint density at radius 1 is 1.26 bits per heavy atom. The van der Waals surface area contributed by atoms with Crippen LogP contribution in [0.3, 0.4) is 0 Å². The van der Waals surface area contributed by atoms with Crippen molar-refractivity contribution in [1.29, 1.82) is 0 Å². The molecule has 0 amide bonds. The lowest BCUT2D eigenvalue weighted by Crippen LogP contribution is -2.22. The van der Waals surface area contributed by atoms with E-state index in [1.807, 2.05) is 22.9 Å². The van der Waals surface area contributed by atoms with E-state index in [2.05, 4.69) is 41.3 Å². The molecule has 0 unspecified atom stereocenters. The van der Waals surface area contributed by atoms with Crippen LogP contribution in [-0.4, -0.2) is 25.8 Å². The number of nitrogens with one attached hydrogen (secondary N) is 1. The Bertz CT molecular complexity index is 501. The molecule has 0 fully saturated rings. The maximum absolute atomic E-state index is 4.35. The predicted octanol–water partition coefficient (Wildman–Crippen LogP) is 2.11. The lowest BCUT2D eigenvalue weighted by molar-refractivity contribution is 0.576. The molecule has 0 radical (unpaired) electrons. The monoisotopic (exact) mass is 259 g/mol. The number of aromatic nitrogens is 4. The zero-order chi connectivity index (χ0) is 13.7. The lowest BCUT2D eigenvalue weighted by Gasteiger charge is -2.08. The molecule has 0 aliphatic rings. The maximum atomic E-state index is 4.35. The third-order valence-electron chi connectivity index (χ3n) is 2.83. The third kappa shape index (κ3) is 3.61. The molecule has 0 atom stereocenters. The smallest absolute Gasteiger partial charge is 0.160 e. The molecular formula is C14H21N5. The van der Waals surface area contributed by atoms with E-state index in [0.29, 0.717) is 6.04 Å². The second-order valence-electron chi connectivity index (χ2n) is 4.88. The quantitative estimate of drug-likeness (QED) is 0.863. The normalized spacial score (nSPS) is 11.2. The molecule has 0 bridgehead atoms. The minimum Gasteiger partial charge on any atom is -0.309 e. The van der Waals surface area contributed by atoms with Gasteiger partial charge in [-0.25, -0.2) is 4.98 Å². The Kier molecular flexibility index (Phi) is 4.63. The molecule has 0 aliphatic carbocycles. The molecule has 5 heteroatoms. The first-order valence-corrected chi connectivity index (χ1v) is 6.79. The Balaban J connectivity index is 2.11. The summed E-state index contributed by atoms with van der Waals surface area (Å²) in [6.07, 6.45) is 5.76. The largest absolute Gasteiger partial charge is 0.309 e. The van der Waals surface area contributed by atoms with Gasteiger partial charge in [0.15, 0.2) is 5.82 Å². The Morgan fingerprint density at radius 3 is 2.74 bits per heavy atom. The molecule has 2 aromatic rings. The zero-order valence-corrected chi connectivity index (χ0v) is 11.8. The zero-order valence-electron chi connectivity index (χ0n) is 11.8. The minimum atomic E-state index is 0.450. The molecule has 2 heterocycles. The van der Waals surface area contributed by atoms with Crippen molar-refractivity contribution in [3.05, 3.63) is 36.0 Å². The van der Waals surface area contributed by atoms with Gasteiger partial charge in [-0.3, -0.25) is 4.57 Å². The van der Waals surface area contributed by atoms with Crippen LogP contribution in [0.5, 0.6) is 0 Å². The van der Waals surface area contributed by atoms with Crippen LogP contribution in [0, 0.1) is 0 Å². The van der Waals surface area contributed by atoms with Crippen LogP contribution in [-0.2, 0) is 13.0 Å². The van der Waals surface area contributed by atoms with Gasteiger partial charge >= 0.3 is 0 Å². The molecule has 19 heavy (non-hydrogen) atoms. The summed E-state index contributed by atoms with van der Waals surface area (Å²) in [6, 6.07) is 4.45. The van der Waals surface area contributed by atoms with Crippen LogP contribution in [0.1, 0.15) is 38.7 Å². The van der Waals surface area contributed by atoms with Gasteiger partial charge in [0.05, 0.1) is 5.69 Å². The van der Waals surface area contributed by atoms with Crippen molar-refractivity contribution in [2.24, 2.45) is 0 Å². The maximum Gasteiger partial charge on any atom is 0.160 e. The molecule has 102 valence electrons. The SMILES string of the molecule is CCCc1nccn1-c1ccc(CNC(C)C)nn1. The fourth-order valence-corrected chi connectivity index (χ4v) is 1.84. The van der Waals surface area contributed by atoms with Gasteiger partial charge in [-0.2, -0.15) is 5.10 Å². The van der Waals surface area contributed by atoms with Gasteiger partial charge in [0.2, 0.25) is 0 Å². The molecule has 0 saturated heterocycles. The van der Waals surface area contributed by atoms with Crippen LogP contribution >= 0.6 is 0 Å². The first-order valence-electron chi connectivity index (χ1n) is 6.79. The fourth-order valence-electron chi connectivity index (χ4n) is 1.84. The Morgan fingerprint density at radius 2 is 2.11 bits per heavy atom. The van der Waals surface area contributed by atoms with Gasteiger partial charge in [-0.05, 0) is 18.6 Å². The van der Waals surface area contributed by atoms with Crippen LogP contribution in [0.25, 0.3) is 5.82 Å². The van der Waals surface area contributed by atoms with E-state index in [1.54, 1.807) is 6.20 Å². The highest BCUT2D eigenvalue weighted by Gasteiger charge is 2.06. The second-order valence-corrected chi connectivity index (χ2v) is 4.88. The average Bonchev–Trinajstić information content (AvgIpc) is 2.86. The standard InChI is InChI=1S/C14H21N5/c1-4-5-13-15-8-9-19(13)14-7-6-12(17-18-14)10-16-11(2)3/h6-9,11,16H,4-5,10H2,1-3H3. The molecular weight excluding hydrogens is 238 g/mol. The number of hydrogen-bond acceptors (Lipinski definition) is 4. The highest BCUT2D eigenvalue weighted by Crippen LogP contribution is 2.09. The lowest BCUT2D eigenvalue weighted by atomic mass is 10.3. The molecule has 2 aromatic heterocycles.